The fraction of sp³-hybridized carbons (Fsp3) is 0.610. The second kappa shape index (κ2) is 34.5. The van der Waals surface area contributed by atoms with Gasteiger partial charge in [-0.25, -0.2) is 26.3 Å². The van der Waals surface area contributed by atoms with Crippen LogP contribution in [0.5, 0.6) is 11.5 Å². The number of allylic oxidation sites excluding steroid dienone is 2. The number of anilines is 2. The molecule has 100 heavy (non-hydrogen) atoms. The molecule has 2 fully saturated rings. The van der Waals surface area contributed by atoms with E-state index in [4.69, 9.17) is 65.8 Å². The molecule has 4 aliphatic carbocycles. The molecule has 0 aromatic heterocycles. The van der Waals surface area contributed by atoms with Crippen molar-refractivity contribution in [3.8, 4) is 11.5 Å². The van der Waals surface area contributed by atoms with Crippen molar-refractivity contribution in [3.63, 3.8) is 0 Å². The topological polar surface area (TPSA) is 216 Å². The quantitative estimate of drug-likeness (QED) is 0.0699. The molecule has 2 spiro atoms. The summed E-state index contributed by atoms with van der Waals surface area (Å²) in [5.41, 5.74) is 6.78. The lowest BCUT2D eigenvalue weighted by atomic mass is 9.68. The Labute approximate surface area is 603 Å². The van der Waals surface area contributed by atoms with Crippen LogP contribution in [0, 0.1) is 35.5 Å². The zero-order chi connectivity index (χ0) is 70.6. The highest BCUT2D eigenvalue weighted by atomic mass is 35.5. The van der Waals surface area contributed by atoms with Crippen LogP contribution in [0.15, 0.2) is 97.1 Å². The second-order valence-electron chi connectivity index (χ2n) is 29.0. The van der Waals surface area contributed by atoms with Crippen LogP contribution in [-0.4, -0.2) is 171 Å². The van der Waals surface area contributed by atoms with Crippen molar-refractivity contribution < 1.29 is 69.1 Å². The van der Waals surface area contributed by atoms with Gasteiger partial charge in [-0.3, -0.25) is 9.59 Å². The third-order valence-corrected chi connectivity index (χ3v) is 26.9. The van der Waals surface area contributed by atoms with E-state index in [1.54, 1.807) is 33.3 Å². The Kier molecular flexibility index (Phi) is 26.2. The van der Waals surface area contributed by atoms with Crippen molar-refractivity contribution >= 4 is 66.4 Å². The van der Waals surface area contributed by atoms with E-state index in [1.165, 1.54) is 22.3 Å². The highest BCUT2D eigenvalue weighted by Crippen LogP contribution is 2.50. The maximum Gasteiger partial charge on any atom is 0.264 e. The summed E-state index contributed by atoms with van der Waals surface area (Å²) in [7, 11) is -4.56. The van der Waals surface area contributed by atoms with Gasteiger partial charge in [-0.05, 0) is 209 Å². The Bertz CT molecular complexity index is 3750. The molecule has 4 bridgehead atoms. The fourth-order valence-electron chi connectivity index (χ4n) is 16.4. The Hall–Kier alpha value is -5.30. The fourth-order valence-corrected chi connectivity index (χ4v) is 19.8. The lowest BCUT2D eigenvalue weighted by Crippen LogP contribution is -2.49. The van der Waals surface area contributed by atoms with Crippen LogP contribution in [0.2, 0.25) is 10.0 Å². The number of halogens is 2. The second-order valence-corrected chi connectivity index (χ2v) is 33.8. The van der Waals surface area contributed by atoms with Gasteiger partial charge >= 0.3 is 0 Å². The number of hydrogen-bond acceptors (Lipinski definition) is 17. The largest absolute Gasteiger partial charge is 0.490 e. The summed E-state index contributed by atoms with van der Waals surface area (Å²) in [6.45, 7) is 16.2. The van der Waals surface area contributed by atoms with Crippen LogP contribution < -0.4 is 28.7 Å². The van der Waals surface area contributed by atoms with Gasteiger partial charge in [0.25, 0.3) is 11.8 Å². The standard InChI is InChI=1S/C41H57ClN2O9S.C36H47ClN2O6S/c1-29-6-4-8-38(52-23-22-51-21-20-50-19-18-49-17-16-48-3)35-12-9-33(35)26-44-27-41(15-5-7-31-24-34(42)11-13-36(31)41)28-53-39-14-10-32(25-37(39)44)40(45)43-54(46,47)30(29)2;1-4-34-24(2)7-5-9-32(44-18-17-43-3)29-13-10-27(29)21-39-22-36(16-6-8-25-19-28(37)12-14-30(25)36)23-45-33-15-11-26(20-31(33)39)35(40)38-46(34,41)42/h4,8,10-11,13-14,24-25,29-30,33,35,38H,5-7,9,12,15-23,26-28H2,1-3H3,(H,43,45);5,9,11-12,14-15,19-20,24,27,29,32,34H,4,6-8,10,13,16-18,21-23H2,1-3H3,(H,38,40)/b8-4+;9-5+/t29-,30+,33-,35+,38-,41-;24-,27-,29+,32-,34+,36-/m00/s1. The van der Waals surface area contributed by atoms with Gasteiger partial charge in [-0.1, -0.05) is 80.4 Å². The van der Waals surface area contributed by atoms with E-state index in [1.807, 2.05) is 63.2 Å². The number of carbonyl (C=O) groups excluding carboxylic acids is 2. The first-order chi connectivity index (χ1) is 48.2. The average molecular weight is 1460 g/mol. The molecule has 8 aliphatic rings. The van der Waals surface area contributed by atoms with E-state index in [0.29, 0.717) is 140 Å². The molecule has 12 rings (SSSR count). The first kappa shape index (κ1) is 75.8. The van der Waals surface area contributed by atoms with Crippen LogP contribution in [-0.2, 0) is 76.9 Å². The molecule has 0 radical (unpaired) electrons. The number of nitrogens with zero attached hydrogens (tertiary/aromatic N) is 2. The van der Waals surface area contributed by atoms with Crippen molar-refractivity contribution in [2.75, 3.05) is 129 Å². The number of ether oxygens (including phenoxy) is 9. The van der Waals surface area contributed by atoms with Crippen LogP contribution in [0.25, 0.3) is 0 Å². The molecule has 4 aromatic rings. The highest BCUT2D eigenvalue weighted by molar-refractivity contribution is 7.91. The molecular formula is C77H104Cl2N4O15S2. The van der Waals surface area contributed by atoms with E-state index in [-0.39, 0.29) is 46.4 Å². The Morgan fingerprint density at radius 3 is 1.45 bits per heavy atom. The molecular weight excluding hydrogens is 1360 g/mol. The van der Waals surface area contributed by atoms with Gasteiger partial charge in [0.2, 0.25) is 20.0 Å². The molecule has 2 amide bonds. The molecule has 548 valence electrons. The normalized spacial score (nSPS) is 29.9. The zero-order valence-electron chi connectivity index (χ0n) is 59.1. The number of sulfonamides is 2. The minimum Gasteiger partial charge on any atom is -0.490 e. The van der Waals surface area contributed by atoms with E-state index in [2.05, 4.69) is 61.7 Å². The van der Waals surface area contributed by atoms with E-state index in [0.717, 1.165) is 105 Å². The van der Waals surface area contributed by atoms with Crippen molar-refractivity contribution in [2.45, 2.75) is 145 Å². The third kappa shape index (κ3) is 18.1. The minimum atomic E-state index is -3.95. The molecule has 23 heteroatoms. The number of aryl methyl sites for hydroxylation is 2. The minimum absolute atomic E-state index is 0.0917. The number of methoxy groups -OCH3 is 2. The maximum atomic E-state index is 13.5. The summed E-state index contributed by atoms with van der Waals surface area (Å²) in [6.07, 6.45) is 19.8. The smallest absolute Gasteiger partial charge is 0.264 e. The van der Waals surface area contributed by atoms with Crippen LogP contribution in [0.1, 0.15) is 141 Å². The molecule has 0 unspecified atom stereocenters. The lowest BCUT2D eigenvalue weighted by molar-refractivity contribution is -0.0455. The summed E-state index contributed by atoms with van der Waals surface area (Å²) >= 11 is 12.9. The summed E-state index contributed by atoms with van der Waals surface area (Å²) in [5, 5.41) is -0.0205. The molecule has 2 N–H and O–H groups in total. The molecule has 19 nitrogen and oxygen atoms in total. The molecule has 0 saturated heterocycles. The van der Waals surface area contributed by atoms with E-state index in [9.17, 15) is 26.4 Å². The van der Waals surface area contributed by atoms with E-state index < -0.39 is 42.4 Å². The summed E-state index contributed by atoms with van der Waals surface area (Å²) in [6, 6.07) is 23.1. The van der Waals surface area contributed by atoms with Crippen molar-refractivity contribution in [3.05, 3.63) is 141 Å². The molecule has 4 aromatic carbocycles. The van der Waals surface area contributed by atoms with Gasteiger partial charge in [-0.15, -0.1) is 0 Å². The van der Waals surface area contributed by atoms with Gasteiger partial charge in [-0.2, -0.15) is 0 Å². The number of nitrogens with one attached hydrogen (secondary N) is 2. The third-order valence-electron chi connectivity index (χ3n) is 22.5. The molecule has 4 aliphatic heterocycles. The predicted octanol–water partition coefficient (Wildman–Crippen LogP) is 12.3. The van der Waals surface area contributed by atoms with Gasteiger partial charge in [0, 0.05) is 72.4 Å². The molecule has 2 saturated carbocycles. The van der Waals surface area contributed by atoms with Crippen LogP contribution in [0.3, 0.4) is 0 Å². The van der Waals surface area contributed by atoms with Crippen LogP contribution >= 0.6 is 23.2 Å². The predicted molar refractivity (Wildman–Crippen MR) is 391 cm³/mol. The monoisotopic (exact) mass is 1460 g/mol. The summed E-state index contributed by atoms with van der Waals surface area (Å²) in [5.74, 6) is 1.03. The van der Waals surface area contributed by atoms with Crippen molar-refractivity contribution in [2.24, 2.45) is 35.5 Å². The zero-order valence-corrected chi connectivity index (χ0v) is 62.3. The molecule has 4 heterocycles. The van der Waals surface area contributed by atoms with Gasteiger partial charge in [0.05, 0.1) is 113 Å². The Morgan fingerprint density at radius 2 is 0.990 bits per heavy atom. The number of carbonyl (C=O) groups is 2. The van der Waals surface area contributed by atoms with Crippen molar-refractivity contribution in [1.29, 1.82) is 0 Å². The maximum absolute atomic E-state index is 13.5. The SMILES string of the molecule is CC[C@@H]1[C@@H](C)C/C=C/[C@H](OCCOC)[C@@H]2CC[C@H]2CN2C[C@@]3(CCCc4cc(Cl)ccc43)COc3ccc(cc32)C(=O)NS1(=O)=O.COCCOCCOCCOCCO[C@H]1/C=C/C[C@H](C)[C@@H](C)S(=O)(=O)NC(=O)c2ccc3c(c2)N(C[C@@H]2CC[C@H]21)C[C@@]1(CCCc2cc(Cl)ccc21)CO3. The van der Waals surface area contributed by atoms with E-state index >= 15 is 0 Å². The Morgan fingerprint density at radius 1 is 0.550 bits per heavy atom. The first-order valence-corrected chi connectivity index (χ1v) is 40.1. The Balaban J connectivity index is 0.000000204. The first-order valence-electron chi connectivity index (χ1n) is 36.2. The van der Waals surface area contributed by atoms with Crippen LogP contribution in [0.4, 0.5) is 11.4 Å². The number of benzene rings is 4. The number of hydrogen-bond donors (Lipinski definition) is 2. The average Bonchev–Trinajstić information content (AvgIpc) is 1.49. The molecule has 12 atom stereocenters. The summed E-state index contributed by atoms with van der Waals surface area (Å²) in [4.78, 5) is 31.9. The van der Waals surface area contributed by atoms with Gasteiger partial charge in [0.1, 0.15) is 11.5 Å². The van der Waals surface area contributed by atoms with Gasteiger partial charge < -0.3 is 52.4 Å². The van der Waals surface area contributed by atoms with Crippen molar-refractivity contribution in [1.82, 2.24) is 9.44 Å². The number of amides is 2. The highest BCUT2D eigenvalue weighted by Gasteiger charge is 2.47. The number of fused-ring (bicyclic) bond motifs is 8. The summed E-state index contributed by atoms with van der Waals surface area (Å²) < 4.78 is 112. The van der Waals surface area contributed by atoms with Gasteiger partial charge in [0.15, 0.2) is 0 Å². The lowest BCUT2D eigenvalue weighted by Gasteiger charge is -2.46. The number of rotatable bonds is 18.